The number of imide groups is 2. The number of aromatic nitrogens is 2. The lowest BCUT2D eigenvalue weighted by Gasteiger charge is -2.09. The van der Waals surface area contributed by atoms with E-state index in [9.17, 15) is 19.2 Å². The third-order valence-electron chi connectivity index (χ3n) is 2.49. The van der Waals surface area contributed by atoms with Crippen molar-refractivity contribution in [3.05, 3.63) is 23.9 Å². The van der Waals surface area contributed by atoms with Gasteiger partial charge in [-0.25, -0.2) is 4.90 Å². The van der Waals surface area contributed by atoms with E-state index in [0.717, 1.165) is 18.2 Å². The van der Waals surface area contributed by atoms with Gasteiger partial charge in [-0.15, -0.1) is 5.10 Å². The van der Waals surface area contributed by atoms with Gasteiger partial charge in [-0.2, -0.15) is 0 Å². The smallest absolute Gasteiger partial charge is 0.270 e. The summed E-state index contributed by atoms with van der Waals surface area (Å²) in [5.74, 6) is -2.90. The number of amides is 4. The molecule has 0 fully saturated rings. The summed E-state index contributed by atoms with van der Waals surface area (Å²) in [7, 11) is 0. The molecule has 0 saturated heterocycles. The van der Waals surface area contributed by atoms with E-state index in [2.05, 4.69) is 10.4 Å². The molecule has 94 valence electrons. The highest BCUT2D eigenvalue weighted by Gasteiger charge is 2.36. The van der Waals surface area contributed by atoms with E-state index >= 15 is 0 Å². The van der Waals surface area contributed by atoms with E-state index in [1.165, 1.54) is 0 Å². The lowest BCUT2D eigenvalue weighted by Crippen LogP contribution is -2.30. The number of carbonyl (C=O) groups is 4. The molecule has 3 heterocycles. The molecule has 0 atom stereocenters. The van der Waals surface area contributed by atoms with Crippen LogP contribution >= 0.6 is 0 Å². The highest BCUT2D eigenvalue weighted by atomic mass is 16.5. The summed E-state index contributed by atoms with van der Waals surface area (Å²) in [5, 5.41) is 8.74. The lowest BCUT2D eigenvalue weighted by atomic mass is 10.2. The molecule has 0 aliphatic carbocycles. The van der Waals surface area contributed by atoms with Crippen LogP contribution in [0.3, 0.4) is 0 Å². The van der Waals surface area contributed by atoms with Crippen molar-refractivity contribution in [3.8, 4) is 0 Å². The Morgan fingerprint density at radius 2 is 1.79 bits per heavy atom. The first-order valence-electron chi connectivity index (χ1n) is 5.04. The Balaban J connectivity index is 2.07. The van der Waals surface area contributed by atoms with Gasteiger partial charge in [-0.05, 0) is 0 Å². The normalized spacial score (nSPS) is 18.3. The molecule has 9 nitrogen and oxygen atoms in total. The molecule has 2 aliphatic heterocycles. The summed E-state index contributed by atoms with van der Waals surface area (Å²) in [5.41, 5.74) is -0.262. The van der Waals surface area contributed by atoms with E-state index < -0.39 is 23.6 Å². The average Bonchev–Trinajstić information content (AvgIpc) is 3.00. The van der Waals surface area contributed by atoms with Crippen LogP contribution in [0, 0.1) is 0 Å². The molecule has 4 amide bonds. The second kappa shape index (κ2) is 3.70. The zero-order chi connectivity index (χ0) is 13.6. The minimum absolute atomic E-state index is 0.117. The van der Waals surface area contributed by atoms with E-state index in [1.54, 1.807) is 0 Å². The molecule has 0 saturated carbocycles. The van der Waals surface area contributed by atoms with Gasteiger partial charge >= 0.3 is 0 Å². The lowest BCUT2D eigenvalue weighted by molar-refractivity contribution is -0.124. The van der Waals surface area contributed by atoms with Gasteiger partial charge in [-0.3, -0.25) is 24.5 Å². The molecule has 0 bridgehead atoms. The van der Waals surface area contributed by atoms with Crippen LogP contribution < -0.4 is 10.2 Å². The van der Waals surface area contributed by atoms with Crippen molar-refractivity contribution >= 4 is 35.1 Å². The van der Waals surface area contributed by atoms with Crippen molar-refractivity contribution < 1.29 is 23.7 Å². The van der Waals surface area contributed by atoms with Crippen molar-refractivity contribution in [3.63, 3.8) is 0 Å². The van der Waals surface area contributed by atoms with Gasteiger partial charge in [0.05, 0.1) is 5.57 Å². The van der Waals surface area contributed by atoms with E-state index in [4.69, 9.17) is 4.52 Å². The third kappa shape index (κ3) is 1.56. The van der Waals surface area contributed by atoms with Crippen molar-refractivity contribution in [2.75, 3.05) is 4.90 Å². The maximum Gasteiger partial charge on any atom is 0.270 e. The molecule has 9 heteroatoms. The van der Waals surface area contributed by atoms with Crippen LogP contribution in [-0.4, -0.2) is 34.0 Å². The van der Waals surface area contributed by atoms with E-state index in [0.29, 0.717) is 4.90 Å². The Morgan fingerprint density at radius 3 is 2.37 bits per heavy atom. The molecular formula is C10H4N4O5. The van der Waals surface area contributed by atoms with Gasteiger partial charge in [0, 0.05) is 23.5 Å². The fraction of sp³-hybridized carbons (Fsp3) is 0. The number of rotatable bonds is 2. The summed E-state index contributed by atoms with van der Waals surface area (Å²) in [6.45, 7) is 0. The maximum atomic E-state index is 11.5. The van der Waals surface area contributed by atoms with Crippen molar-refractivity contribution in [2.45, 2.75) is 0 Å². The molecule has 1 N–H and O–H groups in total. The first kappa shape index (κ1) is 11.0. The van der Waals surface area contributed by atoms with Crippen molar-refractivity contribution in [1.29, 1.82) is 0 Å². The van der Waals surface area contributed by atoms with Crippen LogP contribution in [-0.2, 0) is 19.2 Å². The zero-order valence-corrected chi connectivity index (χ0v) is 9.11. The summed E-state index contributed by atoms with van der Waals surface area (Å²) in [6, 6.07) is 0. The molecule has 1 aromatic rings. The van der Waals surface area contributed by atoms with Gasteiger partial charge in [0.2, 0.25) is 0 Å². The SMILES string of the molecule is O=C1C=C(c2nnoc2N2C(=O)C=CC2=O)C(=O)N1. The fourth-order valence-corrected chi connectivity index (χ4v) is 1.69. The standard InChI is InChI=1S/C10H4N4O5/c15-5-3-4(9(18)11-5)8-10(19-13-12-8)14-6(16)1-2-7(14)17/h1-3H,(H,11,15,18). The number of nitrogens with one attached hydrogen (secondary N) is 1. The average molecular weight is 260 g/mol. The molecule has 2 aliphatic rings. The monoisotopic (exact) mass is 260 g/mol. The maximum absolute atomic E-state index is 11.5. The van der Waals surface area contributed by atoms with Gasteiger partial charge in [0.25, 0.3) is 29.5 Å². The quantitative estimate of drug-likeness (QED) is 0.644. The van der Waals surface area contributed by atoms with E-state index in [1.807, 2.05) is 5.32 Å². The van der Waals surface area contributed by atoms with E-state index in [-0.39, 0.29) is 17.2 Å². The topological polar surface area (TPSA) is 122 Å². The molecule has 0 radical (unpaired) electrons. The van der Waals surface area contributed by atoms with Crippen LogP contribution in [0.15, 0.2) is 22.8 Å². The molecule has 1 aromatic heterocycles. The molecule has 19 heavy (non-hydrogen) atoms. The number of hydrogen-bond acceptors (Lipinski definition) is 7. The van der Waals surface area contributed by atoms with Gasteiger partial charge in [0.1, 0.15) is 0 Å². The Bertz CT molecular complexity index is 681. The van der Waals surface area contributed by atoms with Crippen molar-refractivity contribution in [2.24, 2.45) is 0 Å². The van der Waals surface area contributed by atoms with Gasteiger partial charge < -0.3 is 4.52 Å². The molecule has 0 aromatic carbocycles. The predicted octanol–water partition coefficient (Wildman–Crippen LogP) is -1.46. The highest BCUT2D eigenvalue weighted by Crippen LogP contribution is 2.28. The van der Waals surface area contributed by atoms with Crippen LogP contribution in [0.25, 0.3) is 5.57 Å². The Hall–Kier alpha value is -3.10. The second-order valence-electron chi connectivity index (χ2n) is 3.65. The van der Waals surface area contributed by atoms with Gasteiger partial charge in [0.15, 0.2) is 5.69 Å². The Labute approximate surface area is 104 Å². The third-order valence-corrected chi connectivity index (χ3v) is 2.49. The summed E-state index contributed by atoms with van der Waals surface area (Å²) < 4.78 is 4.74. The second-order valence-corrected chi connectivity index (χ2v) is 3.65. The van der Waals surface area contributed by atoms with Gasteiger partial charge in [-0.1, -0.05) is 0 Å². The van der Waals surface area contributed by atoms with Crippen LogP contribution in [0.1, 0.15) is 5.69 Å². The predicted molar refractivity (Wildman–Crippen MR) is 57.1 cm³/mol. The Morgan fingerprint density at radius 1 is 1.11 bits per heavy atom. The minimum Gasteiger partial charge on any atom is -0.317 e. The summed E-state index contributed by atoms with van der Waals surface area (Å²) >= 11 is 0. The fourth-order valence-electron chi connectivity index (χ4n) is 1.69. The summed E-state index contributed by atoms with van der Waals surface area (Å²) in [6.07, 6.45) is 3.08. The Kier molecular flexibility index (Phi) is 2.14. The first-order chi connectivity index (χ1) is 9.08. The largest absolute Gasteiger partial charge is 0.317 e. The highest BCUT2D eigenvalue weighted by molar-refractivity contribution is 6.35. The van der Waals surface area contributed by atoms with Crippen molar-refractivity contribution in [1.82, 2.24) is 15.7 Å². The molecular weight excluding hydrogens is 256 g/mol. The number of carbonyl (C=O) groups excluding carboxylic acids is 4. The number of nitrogens with zero attached hydrogens (tertiary/aromatic N) is 3. The van der Waals surface area contributed by atoms with Crippen LogP contribution in [0.2, 0.25) is 0 Å². The summed E-state index contributed by atoms with van der Waals surface area (Å²) in [4.78, 5) is 46.3. The minimum atomic E-state index is -0.700. The zero-order valence-electron chi connectivity index (χ0n) is 9.11. The first-order valence-corrected chi connectivity index (χ1v) is 5.04. The van der Waals surface area contributed by atoms with Crippen LogP contribution in [0.4, 0.5) is 5.88 Å². The molecule has 0 spiro atoms. The van der Waals surface area contributed by atoms with Crippen LogP contribution in [0.5, 0.6) is 0 Å². The number of hydrogen-bond donors (Lipinski definition) is 1. The number of anilines is 1. The molecule has 0 unspecified atom stereocenters. The molecule has 3 rings (SSSR count).